The fourth-order valence-corrected chi connectivity index (χ4v) is 3.53. The van der Waals surface area contributed by atoms with E-state index in [1.54, 1.807) is 19.2 Å². The molecule has 5 nitrogen and oxygen atoms in total. The number of carbonyl (C=O) groups is 2. The number of carboxylic acids is 1. The lowest BCUT2D eigenvalue weighted by Gasteiger charge is -2.28. The van der Waals surface area contributed by atoms with Gasteiger partial charge in [-0.25, -0.2) is 9.18 Å². The Morgan fingerprint density at radius 1 is 1.12 bits per heavy atom. The molecule has 2 aromatic rings. The van der Waals surface area contributed by atoms with E-state index in [9.17, 15) is 14.0 Å². The van der Waals surface area contributed by atoms with E-state index < -0.39 is 17.2 Å². The highest BCUT2D eigenvalue weighted by molar-refractivity contribution is 6.00. The van der Waals surface area contributed by atoms with Gasteiger partial charge in [-0.15, -0.1) is 0 Å². The van der Waals surface area contributed by atoms with Gasteiger partial charge in [-0.1, -0.05) is 25.0 Å². The van der Waals surface area contributed by atoms with E-state index in [2.05, 4.69) is 5.32 Å². The van der Waals surface area contributed by atoms with Crippen LogP contribution in [0.1, 0.15) is 41.6 Å². The molecular formula is C20H20FNO4. The second-order valence-electron chi connectivity index (χ2n) is 6.47. The van der Waals surface area contributed by atoms with Crippen molar-refractivity contribution >= 4 is 17.6 Å². The minimum atomic E-state index is -1.17. The molecule has 0 heterocycles. The van der Waals surface area contributed by atoms with Crippen LogP contribution in [0.5, 0.6) is 5.75 Å². The van der Waals surface area contributed by atoms with Gasteiger partial charge in [0, 0.05) is 0 Å². The molecule has 0 unspecified atom stereocenters. The van der Waals surface area contributed by atoms with Crippen LogP contribution in [0, 0.1) is 5.82 Å². The zero-order valence-electron chi connectivity index (χ0n) is 14.4. The standard InChI is InChI=1S/C20H20FNO4/c1-26-15-7-5-14(6-8-15)20(10-2-3-11-20)19(25)22-17-12-13(18(23)24)4-9-16(17)21/h4-9,12H,2-3,10-11H2,1H3,(H,22,25)(H,23,24). The lowest BCUT2D eigenvalue weighted by molar-refractivity contribution is -0.121. The molecule has 6 heteroatoms. The molecular weight excluding hydrogens is 337 g/mol. The fourth-order valence-electron chi connectivity index (χ4n) is 3.53. The van der Waals surface area contributed by atoms with Gasteiger partial charge in [-0.2, -0.15) is 0 Å². The third-order valence-corrected chi connectivity index (χ3v) is 5.00. The molecule has 1 fully saturated rings. The Bertz CT molecular complexity index is 826. The number of anilines is 1. The summed E-state index contributed by atoms with van der Waals surface area (Å²) >= 11 is 0. The Morgan fingerprint density at radius 3 is 2.35 bits per heavy atom. The van der Waals surface area contributed by atoms with Crippen molar-refractivity contribution in [3.05, 3.63) is 59.4 Å². The largest absolute Gasteiger partial charge is 0.497 e. The molecule has 2 aromatic carbocycles. The summed E-state index contributed by atoms with van der Waals surface area (Å²) in [5.74, 6) is -1.46. The van der Waals surface area contributed by atoms with Crippen LogP contribution in [-0.2, 0) is 10.2 Å². The summed E-state index contributed by atoms with van der Waals surface area (Å²) in [6, 6.07) is 10.7. The highest BCUT2D eigenvalue weighted by Crippen LogP contribution is 2.42. The van der Waals surface area contributed by atoms with E-state index in [4.69, 9.17) is 9.84 Å². The topological polar surface area (TPSA) is 75.6 Å². The smallest absolute Gasteiger partial charge is 0.335 e. The average molecular weight is 357 g/mol. The van der Waals surface area contributed by atoms with Crippen LogP contribution < -0.4 is 10.1 Å². The first-order chi connectivity index (χ1) is 12.5. The highest BCUT2D eigenvalue weighted by Gasteiger charge is 2.43. The molecule has 0 aliphatic heterocycles. The number of halogens is 1. The predicted octanol–water partition coefficient (Wildman–Crippen LogP) is 3.98. The Balaban J connectivity index is 1.92. The molecule has 1 aliphatic rings. The van der Waals surface area contributed by atoms with Gasteiger partial charge in [-0.05, 0) is 48.7 Å². The summed E-state index contributed by atoms with van der Waals surface area (Å²) in [4.78, 5) is 24.2. The van der Waals surface area contributed by atoms with Crippen LogP contribution in [0.3, 0.4) is 0 Å². The van der Waals surface area contributed by atoms with Crippen molar-refractivity contribution in [2.24, 2.45) is 0 Å². The molecule has 26 heavy (non-hydrogen) atoms. The van der Waals surface area contributed by atoms with Gasteiger partial charge >= 0.3 is 5.97 Å². The number of rotatable bonds is 5. The van der Waals surface area contributed by atoms with E-state index in [1.165, 1.54) is 6.07 Å². The van der Waals surface area contributed by atoms with Crippen LogP contribution in [0.4, 0.5) is 10.1 Å². The monoisotopic (exact) mass is 357 g/mol. The van der Waals surface area contributed by atoms with Crippen molar-refractivity contribution in [3.8, 4) is 5.75 Å². The second kappa shape index (κ2) is 7.15. The van der Waals surface area contributed by atoms with Gasteiger partial charge in [0.25, 0.3) is 0 Å². The summed E-state index contributed by atoms with van der Waals surface area (Å²) in [6.45, 7) is 0. The number of nitrogens with one attached hydrogen (secondary N) is 1. The number of aromatic carboxylic acids is 1. The van der Waals surface area contributed by atoms with E-state index in [0.717, 1.165) is 30.5 Å². The van der Waals surface area contributed by atoms with Gasteiger partial charge in [0.1, 0.15) is 11.6 Å². The maximum Gasteiger partial charge on any atom is 0.335 e. The molecule has 0 radical (unpaired) electrons. The number of carbonyl (C=O) groups excluding carboxylic acids is 1. The average Bonchev–Trinajstić information content (AvgIpc) is 3.14. The first kappa shape index (κ1) is 17.9. The molecule has 1 saturated carbocycles. The third kappa shape index (κ3) is 3.27. The molecule has 1 aliphatic carbocycles. The van der Waals surface area contributed by atoms with Crippen LogP contribution in [0.25, 0.3) is 0 Å². The van der Waals surface area contributed by atoms with E-state index in [0.29, 0.717) is 18.6 Å². The highest BCUT2D eigenvalue weighted by atomic mass is 19.1. The molecule has 0 bridgehead atoms. The Kier molecular flexibility index (Phi) is 4.93. The number of amides is 1. The Morgan fingerprint density at radius 2 is 1.77 bits per heavy atom. The number of carboxylic acid groups (broad SMARTS) is 1. The number of ether oxygens (including phenoxy) is 1. The second-order valence-corrected chi connectivity index (χ2v) is 6.47. The molecule has 136 valence electrons. The van der Waals surface area contributed by atoms with Crippen molar-refractivity contribution in [1.82, 2.24) is 0 Å². The molecule has 0 spiro atoms. The summed E-state index contributed by atoms with van der Waals surface area (Å²) in [7, 11) is 1.57. The lowest BCUT2D eigenvalue weighted by Crippen LogP contribution is -2.38. The van der Waals surface area contributed by atoms with Gasteiger partial charge in [0.2, 0.25) is 5.91 Å². The molecule has 0 atom stereocenters. The quantitative estimate of drug-likeness (QED) is 0.849. The summed E-state index contributed by atoms with van der Waals surface area (Å²) in [5, 5.41) is 11.7. The maximum absolute atomic E-state index is 14.1. The molecule has 2 N–H and O–H groups in total. The van der Waals surface area contributed by atoms with Crippen LogP contribution >= 0.6 is 0 Å². The van der Waals surface area contributed by atoms with E-state index >= 15 is 0 Å². The van der Waals surface area contributed by atoms with Crippen molar-refractivity contribution in [1.29, 1.82) is 0 Å². The van der Waals surface area contributed by atoms with Crippen molar-refractivity contribution in [2.45, 2.75) is 31.1 Å². The van der Waals surface area contributed by atoms with Gasteiger partial charge in [0.05, 0.1) is 23.8 Å². The number of methoxy groups -OCH3 is 1. The lowest BCUT2D eigenvalue weighted by atomic mass is 9.78. The first-order valence-electron chi connectivity index (χ1n) is 8.45. The molecule has 0 aromatic heterocycles. The van der Waals surface area contributed by atoms with E-state index in [-0.39, 0.29) is 17.2 Å². The summed E-state index contributed by atoms with van der Waals surface area (Å²) in [6.07, 6.45) is 3.12. The zero-order chi connectivity index (χ0) is 18.7. The zero-order valence-corrected chi connectivity index (χ0v) is 14.4. The van der Waals surface area contributed by atoms with Gasteiger partial charge in [-0.3, -0.25) is 4.79 Å². The summed E-state index contributed by atoms with van der Waals surface area (Å²) < 4.78 is 19.2. The fraction of sp³-hybridized carbons (Fsp3) is 0.300. The Hall–Kier alpha value is -2.89. The minimum absolute atomic E-state index is 0.0772. The van der Waals surface area contributed by atoms with Gasteiger partial charge < -0.3 is 15.2 Å². The van der Waals surface area contributed by atoms with Crippen molar-refractivity contribution < 1.29 is 23.8 Å². The number of benzene rings is 2. The number of hydrogen-bond donors (Lipinski definition) is 2. The van der Waals surface area contributed by atoms with Crippen LogP contribution in [-0.4, -0.2) is 24.1 Å². The third-order valence-electron chi connectivity index (χ3n) is 5.00. The Labute approximate surface area is 150 Å². The first-order valence-corrected chi connectivity index (χ1v) is 8.45. The van der Waals surface area contributed by atoms with Crippen molar-refractivity contribution in [3.63, 3.8) is 0 Å². The SMILES string of the molecule is COc1ccc(C2(C(=O)Nc3cc(C(=O)O)ccc3F)CCCC2)cc1. The normalized spacial score (nSPS) is 15.5. The molecule has 3 rings (SSSR count). The predicted molar refractivity (Wildman–Crippen MR) is 95.1 cm³/mol. The number of hydrogen-bond acceptors (Lipinski definition) is 3. The van der Waals surface area contributed by atoms with E-state index in [1.807, 2.05) is 12.1 Å². The van der Waals surface area contributed by atoms with Crippen LogP contribution in [0.2, 0.25) is 0 Å². The van der Waals surface area contributed by atoms with Crippen molar-refractivity contribution in [2.75, 3.05) is 12.4 Å². The molecule has 0 saturated heterocycles. The van der Waals surface area contributed by atoms with Crippen LogP contribution in [0.15, 0.2) is 42.5 Å². The summed E-state index contributed by atoms with van der Waals surface area (Å²) in [5.41, 5.74) is -0.0952. The minimum Gasteiger partial charge on any atom is -0.497 e. The van der Waals surface area contributed by atoms with Gasteiger partial charge in [0.15, 0.2) is 0 Å². The maximum atomic E-state index is 14.1. The molecule has 1 amide bonds.